The van der Waals surface area contributed by atoms with Gasteiger partial charge in [-0.3, -0.25) is 14.3 Å². The van der Waals surface area contributed by atoms with Gasteiger partial charge in [-0.2, -0.15) is 0 Å². The van der Waals surface area contributed by atoms with Gasteiger partial charge in [0.1, 0.15) is 23.4 Å². The zero-order valence-electron chi connectivity index (χ0n) is 17.4. The quantitative estimate of drug-likeness (QED) is 0.582. The van der Waals surface area contributed by atoms with E-state index in [2.05, 4.69) is 4.72 Å². The van der Waals surface area contributed by atoms with E-state index in [9.17, 15) is 13.8 Å². The Morgan fingerprint density at radius 3 is 2.39 bits per heavy atom. The number of benzene rings is 3. The van der Waals surface area contributed by atoms with Crippen LogP contribution in [-0.2, 0) is 22.2 Å². The van der Waals surface area contributed by atoms with Crippen LogP contribution in [0.5, 0.6) is 17.2 Å². The van der Waals surface area contributed by atoms with Crippen molar-refractivity contribution in [2.24, 2.45) is 5.73 Å². The Morgan fingerprint density at radius 1 is 1.00 bits per heavy atom. The van der Waals surface area contributed by atoms with Crippen LogP contribution in [0.4, 0.5) is 0 Å². The number of hydrogen-bond acceptors (Lipinski definition) is 5. The van der Waals surface area contributed by atoms with Crippen molar-refractivity contribution in [3.63, 3.8) is 0 Å². The highest BCUT2D eigenvalue weighted by Gasteiger charge is 2.27. The summed E-state index contributed by atoms with van der Waals surface area (Å²) in [5, 5.41) is 0. The monoisotopic (exact) mass is 460 g/mol. The van der Waals surface area contributed by atoms with Crippen molar-refractivity contribution in [3.05, 3.63) is 95.1 Å². The molecule has 2 amide bonds. The van der Waals surface area contributed by atoms with E-state index >= 15 is 0 Å². The Hall–Kier alpha value is -3.91. The minimum Gasteiger partial charge on any atom is -0.486 e. The van der Waals surface area contributed by atoms with Gasteiger partial charge in [0.15, 0.2) is 11.0 Å². The molecule has 0 radical (unpaired) electrons. The lowest BCUT2D eigenvalue weighted by Crippen LogP contribution is -2.16. The van der Waals surface area contributed by atoms with Crippen molar-refractivity contribution < 1.29 is 23.3 Å². The average Bonchev–Trinajstić information content (AvgIpc) is 3.37. The second-order valence-electron chi connectivity index (χ2n) is 7.73. The molecule has 7 nitrogen and oxygen atoms in total. The van der Waals surface area contributed by atoms with Crippen LogP contribution in [-0.4, -0.2) is 16.0 Å². The number of hydrogen-bond donors (Lipinski definition) is 2. The van der Waals surface area contributed by atoms with E-state index in [4.69, 9.17) is 15.2 Å². The summed E-state index contributed by atoms with van der Waals surface area (Å²) in [6.45, 7) is 0. The molecule has 1 heterocycles. The van der Waals surface area contributed by atoms with Gasteiger partial charge in [-0.05, 0) is 66.4 Å². The summed E-state index contributed by atoms with van der Waals surface area (Å²) in [6, 6.07) is 19.8. The summed E-state index contributed by atoms with van der Waals surface area (Å²) in [7, 11) is -1.52. The molecule has 0 bridgehead atoms. The van der Waals surface area contributed by atoms with Gasteiger partial charge >= 0.3 is 0 Å². The normalized spacial score (nSPS) is 18.9. The molecule has 0 aromatic heterocycles. The van der Waals surface area contributed by atoms with Gasteiger partial charge < -0.3 is 15.2 Å². The van der Waals surface area contributed by atoms with Crippen molar-refractivity contribution in [1.29, 1.82) is 0 Å². The number of rotatable bonds is 6. The zero-order chi connectivity index (χ0) is 22.9. The summed E-state index contributed by atoms with van der Waals surface area (Å²) in [5.41, 5.74) is 8.60. The van der Waals surface area contributed by atoms with Gasteiger partial charge in [0.2, 0.25) is 5.91 Å². The van der Waals surface area contributed by atoms with Crippen LogP contribution in [0.15, 0.2) is 72.8 Å². The number of primary amides is 1. The SMILES string of the molecule is NC(=O)c1ccc(Oc2cccc3c2CC[C@H]3Oc2ccc(C3=CC(=O)NS3=O)cc2)cc1. The largest absolute Gasteiger partial charge is 0.486 e. The van der Waals surface area contributed by atoms with E-state index in [0.717, 1.165) is 29.7 Å². The van der Waals surface area contributed by atoms with E-state index < -0.39 is 16.9 Å². The predicted molar refractivity (Wildman–Crippen MR) is 124 cm³/mol. The molecular weight excluding hydrogens is 440 g/mol. The Kier molecular flexibility index (Phi) is 5.43. The lowest BCUT2D eigenvalue weighted by atomic mass is 10.1. The Bertz CT molecular complexity index is 1300. The first-order valence-corrected chi connectivity index (χ1v) is 11.5. The maximum Gasteiger partial charge on any atom is 0.257 e. The van der Waals surface area contributed by atoms with E-state index in [1.807, 2.05) is 30.3 Å². The van der Waals surface area contributed by atoms with Crippen LogP contribution in [0.25, 0.3) is 4.91 Å². The van der Waals surface area contributed by atoms with Crippen LogP contribution < -0.4 is 19.9 Å². The van der Waals surface area contributed by atoms with Crippen molar-refractivity contribution >= 4 is 27.7 Å². The standard InChI is InChI=1S/C25H20N2O5S/c26-25(29)16-6-10-18(11-7-16)31-21-3-1-2-19-20(21)12-13-22(19)32-17-8-4-15(5-9-17)23-14-24(28)27-33(23)30/h1-11,14,22H,12-13H2,(H2,26,29)(H,27,28)/t22-,33?/m1/s1. The molecule has 3 aromatic rings. The molecule has 2 aliphatic rings. The highest BCUT2D eigenvalue weighted by Crippen LogP contribution is 2.41. The van der Waals surface area contributed by atoms with Gasteiger partial charge in [-0.1, -0.05) is 24.3 Å². The Morgan fingerprint density at radius 2 is 1.73 bits per heavy atom. The molecule has 33 heavy (non-hydrogen) atoms. The fourth-order valence-electron chi connectivity index (χ4n) is 4.02. The molecule has 5 rings (SSSR count). The smallest absolute Gasteiger partial charge is 0.257 e. The highest BCUT2D eigenvalue weighted by atomic mass is 32.2. The van der Waals surface area contributed by atoms with Crippen molar-refractivity contribution in [2.45, 2.75) is 18.9 Å². The van der Waals surface area contributed by atoms with Crippen LogP contribution in [0, 0.1) is 0 Å². The molecule has 8 heteroatoms. The first-order chi connectivity index (χ1) is 16.0. The molecule has 0 spiro atoms. The molecule has 1 aliphatic carbocycles. The number of carbonyl (C=O) groups excluding carboxylic acids is 2. The van der Waals surface area contributed by atoms with Crippen LogP contribution in [0.1, 0.15) is 39.6 Å². The minimum absolute atomic E-state index is 0.116. The molecule has 0 fully saturated rings. The number of ether oxygens (including phenoxy) is 2. The van der Waals surface area contributed by atoms with Crippen LogP contribution in [0.2, 0.25) is 0 Å². The fourth-order valence-corrected chi connectivity index (χ4v) is 4.93. The van der Waals surface area contributed by atoms with E-state index in [0.29, 0.717) is 27.5 Å². The van der Waals surface area contributed by atoms with E-state index in [-0.39, 0.29) is 12.0 Å². The average molecular weight is 461 g/mol. The molecule has 166 valence electrons. The van der Waals surface area contributed by atoms with Gasteiger partial charge in [-0.25, -0.2) is 4.21 Å². The molecule has 2 atom stereocenters. The summed E-state index contributed by atoms with van der Waals surface area (Å²) in [6.07, 6.45) is 2.86. The topological polar surface area (TPSA) is 108 Å². The van der Waals surface area contributed by atoms with Gasteiger partial charge in [0.05, 0.1) is 4.91 Å². The molecule has 1 aliphatic heterocycles. The number of nitrogens with one attached hydrogen (secondary N) is 1. The predicted octanol–water partition coefficient (Wildman–Crippen LogP) is 3.78. The third-order valence-corrected chi connectivity index (χ3v) is 6.75. The van der Waals surface area contributed by atoms with E-state index in [1.54, 1.807) is 36.4 Å². The maximum absolute atomic E-state index is 11.9. The fraction of sp³-hybridized carbons (Fsp3) is 0.120. The van der Waals surface area contributed by atoms with Gasteiger partial charge in [0.25, 0.3) is 5.91 Å². The summed E-state index contributed by atoms with van der Waals surface area (Å²) < 4.78 is 26.6. The molecule has 3 N–H and O–H groups in total. The van der Waals surface area contributed by atoms with Gasteiger partial charge in [-0.15, -0.1) is 0 Å². The number of carbonyl (C=O) groups is 2. The zero-order valence-corrected chi connectivity index (χ0v) is 18.3. The first kappa shape index (κ1) is 21.0. The lowest BCUT2D eigenvalue weighted by Gasteiger charge is -2.16. The van der Waals surface area contributed by atoms with Crippen LogP contribution in [0.3, 0.4) is 0 Å². The maximum atomic E-state index is 11.9. The minimum atomic E-state index is -1.52. The second-order valence-corrected chi connectivity index (χ2v) is 8.91. The highest BCUT2D eigenvalue weighted by molar-refractivity contribution is 7.93. The molecule has 0 saturated heterocycles. The third kappa shape index (κ3) is 4.25. The Labute approximate surface area is 192 Å². The van der Waals surface area contributed by atoms with Crippen molar-refractivity contribution in [2.75, 3.05) is 0 Å². The van der Waals surface area contributed by atoms with Crippen molar-refractivity contribution in [1.82, 2.24) is 4.72 Å². The summed E-state index contributed by atoms with van der Waals surface area (Å²) in [4.78, 5) is 23.1. The molecule has 3 aromatic carbocycles. The number of fused-ring (bicyclic) bond motifs is 1. The Balaban J connectivity index is 1.31. The number of nitrogens with two attached hydrogens (primary N) is 1. The first-order valence-electron chi connectivity index (χ1n) is 10.4. The number of amides is 2. The van der Waals surface area contributed by atoms with Gasteiger partial charge in [0, 0.05) is 17.2 Å². The second kappa shape index (κ2) is 8.55. The van der Waals surface area contributed by atoms with Crippen molar-refractivity contribution in [3.8, 4) is 17.2 Å². The third-order valence-electron chi connectivity index (χ3n) is 5.61. The summed E-state index contributed by atoms with van der Waals surface area (Å²) >= 11 is 0. The summed E-state index contributed by atoms with van der Waals surface area (Å²) in [5.74, 6) is 1.24. The van der Waals surface area contributed by atoms with E-state index in [1.165, 1.54) is 6.08 Å². The lowest BCUT2D eigenvalue weighted by molar-refractivity contribution is -0.114. The molecule has 1 unspecified atom stereocenters. The molecular formula is C25H20N2O5S. The van der Waals surface area contributed by atoms with Crippen LogP contribution >= 0.6 is 0 Å². The molecule has 0 saturated carbocycles.